The number of aliphatic carboxylic acids is 1. The predicted molar refractivity (Wildman–Crippen MR) is 63.0 cm³/mol. The number of carbonyl (C=O) groups is 1. The molecule has 15 heavy (non-hydrogen) atoms. The molecule has 0 saturated heterocycles. The molecule has 0 aliphatic rings. The number of rotatable bonds is 8. The van der Waals surface area contributed by atoms with Crippen LogP contribution in [0.2, 0.25) is 0 Å². The van der Waals surface area contributed by atoms with Gasteiger partial charge in [-0.05, 0) is 25.7 Å². The van der Waals surface area contributed by atoms with Gasteiger partial charge in [0.15, 0.2) is 0 Å². The molecule has 2 atom stereocenters. The van der Waals surface area contributed by atoms with Gasteiger partial charge in [-0.3, -0.25) is 4.79 Å². The molecule has 0 rings (SSSR count). The molecule has 0 aromatic rings. The molecule has 3 heteroatoms. The lowest BCUT2D eigenvalue weighted by Gasteiger charge is -2.21. The lowest BCUT2D eigenvalue weighted by atomic mass is 10.0. The summed E-state index contributed by atoms with van der Waals surface area (Å²) in [5.74, 6) is -0.316. The maximum absolute atomic E-state index is 11.0. The van der Waals surface area contributed by atoms with Crippen molar-refractivity contribution < 1.29 is 9.90 Å². The zero-order valence-corrected chi connectivity index (χ0v) is 10.4. The summed E-state index contributed by atoms with van der Waals surface area (Å²) in [6.45, 7) is 8.31. The first-order valence-corrected chi connectivity index (χ1v) is 5.96. The van der Waals surface area contributed by atoms with Crippen LogP contribution >= 0.6 is 0 Å². The molecule has 2 unspecified atom stereocenters. The van der Waals surface area contributed by atoms with Crippen molar-refractivity contribution in [2.45, 2.75) is 65.5 Å². The highest BCUT2D eigenvalue weighted by Crippen LogP contribution is 2.08. The van der Waals surface area contributed by atoms with Crippen LogP contribution in [0.25, 0.3) is 0 Å². The molecule has 0 aromatic carbocycles. The zero-order chi connectivity index (χ0) is 11.8. The molecule has 0 aliphatic heterocycles. The Morgan fingerprint density at radius 1 is 1.33 bits per heavy atom. The zero-order valence-electron chi connectivity index (χ0n) is 10.4. The van der Waals surface area contributed by atoms with Crippen molar-refractivity contribution in [3.8, 4) is 0 Å². The predicted octanol–water partition coefficient (Wildman–Crippen LogP) is 2.65. The molecule has 0 amide bonds. The Hall–Kier alpha value is -0.570. The van der Waals surface area contributed by atoms with Gasteiger partial charge in [0.25, 0.3) is 0 Å². The van der Waals surface area contributed by atoms with Crippen molar-refractivity contribution in [2.24, 2.45) is 5.92 Å². The third-order valence-corrected chi connectivity index (χ3v) is 2.48. The molecule has 2 N–H and O–H groups in total. The summed E-state index contributed by atoms with van der Waals surface area (Å²) in [5.41, 5.74) is 0. The van der Waals surface area contributed by atoms with Crippen LogP contribution in [0.15, 0.2) is 0 Å². The summed E-state index contributed by atoms with van der Waals surface area (Å²) in [4.78, 5) is 11.0. The fourth-order valence-corrected chi connectivity index (χ4v) is 1.65. The Kier molecular flexibility index (Phi) is 7.39. The Morgan fingerprint density at radius 2 is 1.93 bits per heavy atom. The molecule has 0 bridgehead atoms. The van der Waals surface area contributed by atoms with E-state index in [9.17, 15) is 4.79 Å². The van der Waals surface area contributed by atoms with Crippen molar-refractivity contribution in [1.29, 1.82) is 0 Å². The van der Waals surface area contributed by atoms with Crippen LogP contribution in [0.3, 0.4) is 0 Å². The van der Waals surface area contributed by atoms with E-state index in [0.717, 1.165) is 19.3 Å². The average molecular weight is 215 g/mol. The smallest absolute Gasteiger partial charge is 0.320 e. The summed E-state index contributed by atoms with van der Waals surface area (Å²) >= 11 is 0. The second-order valence-corrected chi connectivity index (χ2v) is 4.73. The van der Waals surface area contributed by atoms with Crippen molar-refractivity contribution in [1.82, 2.24) is 5.32 Å². The van der Waals surface area contributed by atoms with Gasteiger partial charge in [0, 0.05) is 6.04 Å². The van der Waals surface area contributed by atoms with Crippen LogP contribution in [0, 0.1) is 5.92 Å². The maximum atomic E-state index is 11.0. The molecule has 0 aliphatic carbocycles. The molecule has 3 nitrogen and oxygen atoms in total. The van der Waals surface area contributed by atoms with Crippen LogP contribution in [-0.2, 0) is 4.79 Å². The summed E-state index contributed by atoms with van der Waals surface area (Å²) < 4.78 is 0. The first-order chi connectivity index (χ1) is 6.97. The normalized spacial score (nSPS) is 15.3. The third-order valence-electron chi connectivity index (χ3n) is 2.48. The summed E-state index contributed by atoms with van der Waals surface area (Å²) in [6.07, 6.45) is 4.07. The van der Waals surface area contributed by atoms with Gasteiger partial charge in [0.2, 0.25) is 0 Å². The van der Waals surface area contributed by atoms with Crippen LogP contribution in [0.5, 0.6) is 0 Å². The second-order valence-electron chi connectivity index (χ2n) is 4.73. The van der Waals surface area contributed by atoms with Crippen molar-refractivity contribution in [2.75, 3.05) is 0 Å². The highest BCUT2D eigenvalue weighted by Gasteiger charge is 2.20. The van der Waals surface area contributed by atoms with E-state index in [4.69, 9.17) is 5.11 Å². The van der Waals surface area contributed by atoms with E-state index in [1.165, 1.54) is 0 Å². The lowest BCUT2D eigenvalue weighted by Crippen LogP contribution is -2.42. The van der Waals surface area contributed by atoms with E-state index in [-0.39, 0.29) is 0 Å². The topological polar surface area (TPSA) is 49.3 Å². The van der Waals surface area contributed by atoms with Gasteiger partial charge in [0.05, 0.1) is 0 Å². The van der Waals surface area contributed by atoms with Gasteiger partial charge in [-0.25, -0.2) is 0 Å². The Bertz CT molecular complexity index is 180. The van der Waals surface area contributed by atoms with Crippen molar-refractivity contribution in [3.63, 3.8) is 0 Å². The summed E-state index contributed by atoms with van der Waals surface area (Å²) in [5, 5.41) is 12.2. The van der Waals surface area contributed by atoms with Crippen molar-refractivity contribution in [3.05, 3.63) is 0 Å². The lowest BCUT2D eigenvalue weighted by molar-refractivity contribution is -0.140. The molecule has 0 aromatic heterocycles. The molecular weight excluding hydrogens is 190 g/mol. The van der Waals surface area contributed by atoms with Crippen LogP contribution < -0.4 is 5.32 Å². The van der Waals surface area contributed by atoms with E-state index in [0.29, 0.717) is 18.4 Å². The monoisotopic (exact) mass is 215 g/mol. The standard InChI is InChI=1S/C12H25NO2/c1-5-6-7-10(4)13-11(12(14)15)8-9(2)3/h9-11,13H,5-8H2,1-4H3,(H,14,15). The molecule has 0 spiro atoms. The van der Waals surface area contributed by atoms with Crippen LogP contribution in [0.4, 0.5) is 0 Å². The van der Waals surface area contributed by atoms with Crippen LogP contribution in [-0.4, -0.2) is 23.2 Å². The molecule has 0 radical (unpaired) electrons. The summed E-state index contributed by atoms with van der Waals surface area (Å²) in [6, 6.07) is -0.0957. The van der Waals surface area contributed by atoms with E-state index >= 15 is 0 Å². The van der Waals surface area contributed by atoms with E-state index < -0.39 is 12.0 Å². The summed E-state index contributed by atoms with van der Waals surface area (Å²) in [7, 11) is 0. The quantitative estimate of drug-likeness (QED) is 0.654. The van der Waals surface area contributed by atoms with Gasteiger partial charge in [-0.1, -0.05) is 33.6 Å². The maximum Gasteiger partial charge on any atom is 0.320 e. The fraction of sp³-hybridized carbons (Fsp3) is 0.917. The second kappa shape index (κ2) is 7.69. The number of unbranched alkanes of at least 4 members (excludes halogenated alkanes) is 1. The van der Waals surface area contributed by atoms with Gasteiger partial charge >= 0.3 is 5.97 Å². The average Bonchev–Trinajstić information content (AvgIpc) is 2.12. The molecular formula is C12H25NO2. The Labute approximate surface area is 93.3 Å². The minimum absolute atomic E-state index is 0.296. The Morgan fingerprint density at radius 3 is 2.33 bits per heavy atom. The molecule has 0 fully saturated rings. The minimum Gasteiger partial charge on any atom is -0.480 e. The van der Waals surface area contributed by atoms with E-state index in [2.05, 4.69) is 19.2 Å². The fourth-order valence-electron chi connectivity index (χ4n) is 1.65. The first-order valence-electron chi connectivity index (χ1n) is 5.96. The first kappa shape index (κ1) is 14.4. The van der Waals surface area contributed by atoms with Crippen LogP contribution in [0.1, 0.15) is 53.4 Å². The van der Waals surface area contributed by atoms with Gasteiger partial charge in [-0.2, -0.15) is 0 Å². The van der Waals surface area contributed by atoms with Gasteiger partial charge in [-0.15, -0.1) is 0 Å². The number of carboxylic acid groups (broad SMARTS) is 1. The van der Waals surface area contributed by atoms with E-state index in [1.54, 1.807) is 0 Å². The van der Waals surface area contributed by atoms with Crippen molar-refractivity contribution >= 4 is 5.97 Å². The van der Waals surface area contributed by atoms with Gasteiger partial charge < -0.3 is 10.4 Å². The molecule has 0 heterocycles. The largest absolute Gasteiger partial charge is 0.480 e. The molecule has 90 valence electrons. The minimum atomic E-state index is -0.730. The number of carboxylic acids is 1. The van der Waals surface area contributed by atoms with Gasteiger partial charge in [0.1, 0.15) is 6.04 Å². The van der Waals surface area contributed by atoms with E-state index in [1.807, 2.05) is 13.8 Å². The number of hydrogen-bond donors (Lipinski definition) is 2. The highest BCUT2D eigenvalue weighted by molar-refractivity contribution is 5.73. The number of hydrogen-bond acceptors (Lipinski definition) is 2. The number of nitrogens with one attached hydrogen (secondary N) is 1. The Balaban J connectivity index is 3.98. The third kappa shape index (κ3) is 7.37. The highest BCUT2D eigenvalue weighted by atomic mass is 16.4. The SMILES string of the molecule is CCCCC(C)NC(CC(C)C)C(=O)O. The molecule has 0 saturated carbocycles.